The van der Waals surface area contributed by atoms with E-state index >= 15 is 0 Å². The van der Waals surface area contributed by atoms with Crippen LogP contribution < -0.4 is 14.4 Å². The number of non-ortho nitro benzene ring substituents is 1. The zero-order chi connectivity index (χ0) is 22.5. The quantitative estimate of drug-likeness (QED) is 0.475. The molecule has 0 aliphatic carbocycles. The summed E-state index contributed by atoms with van der Waals surface area (Å²) in [6, 6.07) is 10.8. The molecule has 10 heteroatoms. The van der Waals surface area contributed by atoms with Crippen LogP contribution in [0.2, 0.25) is 0 Å². The van der Waals surface area contributed by atoms with Gasteiger partial charge in [0, 0.05) is 23.9 Å². The molecule has 2 aromatic carbocycles. The first kappa shape index (κ1) is 23.1. The van der Waals surface area contributed by atoms with Crippen molar-refractivity contribution in [3.05, 3.63) is 58.6 Å². The molecule has 0 spiro atoms. The molecule has 1 N–H and O–H groups in total. The molecule has 0 bridgehead atoms. The van der Waals surface area contributed by atoms with Crippen LogP contribution in [0.4, 0.5) is 17.1 Å². The summed E-state index contributed by atoms with van der Waals surface area (Å²) in [5.74, 6) is 0.00521. The fourth-order valence-electron chi connectivity index (χ4n) is 2.95. The molecule has 2 aromatic rings. The number of hydrogen-bond donors (Lipinski definition) is 1. The first-order valence-electron chi connectivity index (χ1n) is 9.34. The number of amides is 1. The van der Waals surface area contributed by atoms with Crippen molar-refractivity contribution in [3.63, 3.8) is 0 Å². The van der Waals surface area contributed by atoms with Crippen LogP contribution in [0.25, 0.3) is 0 Å². The van der Waals surface area contributed by atoms with Gasteiger partial charge in [-0.25, -0.2) is 8.42 Å². The second-order valence-electron chi connectivity index (χ2n) is 6.94. The summed E-state index contributed by atoms with van der Waals surface area (Å²) < 4.78 is 31.5. The highest BCUT2D eigenvalue weighted by Crippen LogP contribution is 2.27. The van der Waals surface area contributed by atoms with Gasteiger partial charge in [-0.05, 0) is 38.5 Å². The molecule has 0 aliphatic rings. The maximum absolute atomic E-state index is 13.0. The van der Waals surface area contributed by atoms with Gasteiger partial charge in [0.15, 0.2) is 0 Å². The van der Waals surface area contributed by atoms with Crippen LogP contribution in [0.5, 0.6) is 5.75 Å². The zero-order valence-corrected chi connectivity index (χ0v) is 18.0. The van der Waals surface area contributed by atoms with Crippen molar-refractivity contribution >= 4 is 33.0 Å². The van der Waals surface area contributed by atoms with E-state index in [1.807, 2.05) is 13.8 Å². The molecule has 0 saturated carbocycles. The number of carbonyl (C=O) groups excluding carboxylic acids is 1. The lowest BCUT2D eigenvalue weighted by molar-refractivity contribution is -0.384. The van der Waals surface area contributed by atoms with Gasteiger partial charge >= 0.3 is 0 Å². The highest BCUT2D eigenvalue weighted by atomic mass is 32.2. The molecule has 0 saturated heterocycles. The molecular formula is C20H25N3O6S. The van der Waals surface area contributed by atoms with E-state index in [2.05, 4.69) is 5.32 Å². The second-order valence-corrected chi connectivity index (χ2v) is 8.80. The van der Waals surface area contributed by atoms with Crippen molar-refractivity contribution in [1.82, 2.24) is 0 Å². The Morgan fingerprint density at radius 1 is 1.20 bits per heavy atom. The van der Waals surface area contributed by atoms with E-state index in [1.165, 1.54) is 18.2 Å². The number of ether oxygens (including phenoxy) is 1. The highest BCUT2D eigenvalue weighted by Gasteiger charge is 2.32. The van der Waals surface area contributed by atoms with Crippen molar-refractivity contribution in [2.75, 3.05) is 15.9 Å². The number of nitro benzene ring substituents is 1. The summed E-state index contributed by atoms with van der Waals surface area (Å²) in [5, 5.41) is 13.8. The average molecular weight is 436 g/mol. The van der Waals surface area contributed by atoms with Crippen LogP contribution in [0.3, 0.4) is 0 Å². The summed E-state index contributed by atoms with van der Waals surface area (Å²) in [6.45, 7) is 5.42. The van der Waals surface area contributed by atoms with E-state index in [0.29, 0.717) is 11.4 Å². The zero-order valence-electron chi connectivity index (χ0n) is 17.2. The summed E-state index contributed by atoms with van der Waals surface area (Å²) in [4.78, 5) is 23.4. The van der Waals surface area contributed by atoms with Crippen LogP contribution >= 0.6 is 0 Å². The minimum absolute atomic E-state index is 0.0468. The van der Waals surface area contributed by atoms with Gasteiger partial charge in [-0.15, -0.1) is 0 Å². The first-order valence-corrected chi connectivity index (χ1v) is 11.2. The third-order valence-corrected chi connectivity index (χ3v) is 5.28. The Morgan fingerprint density at radius 2 is 1.87 bits per heavy atom. The number of hydrogen-bond acceptors (Lipinski definition) is 6. The molecule has 9 nitrogen and oxygen atoms in total. The van der Waals surface area contributed by atoms with Crippen molar-refractivity contribution in [2.24, 2.45) is 0 Å². The van der Waals surface area contributed by atoms with Crippen molar-refractivity contribution in [1.29, 1.82) is 0 Å². The minimum atomic E-state index is -3.91. The summed E-state index contributed by atoms with van der Waals surface area (Å²) in [5.41, 5.74) is 0.227. The van der Waals surface area contributed by atoms with Gasteiger partial charge in [0.05, 0.1) is 23.0 Å². The Morgan fingerprint density at radius 3 is 2.43 bits per heavy atom. The molecule has 0 fully saturated rings. The number of rotatable bonds is 9. The van der Waals surface area contributed by atoms with Gasteiger partial charge in [0.25, 0.3) is 5.69 Å². The van der Waals surface area contributed by atoms with Crippen LogP contribution in [0, 0.1) is 10.1 Å². The smallest absolute Gasteiger partial charge is 0.271 e. The number of nitrogens with zero attached hydrogens (tertiary/aromatic N) is 2. The normalized spacial score (nSPS) is 12.3. The fourth-order valence-corrected chi connectivity index (χ4v) is 4.15. The lowest BCUT2D eigenvalue weighted by Gasteiger charge is -2.30. The van der Waals surface area contributed by atoms with Crippen molar-refractivity contribution in [3.8, 4) is 5.75 Å². The van der Waals surface area contributed by atoms with Crippen molar-refractivity contribution in [2.45, 2.75) is 39.3 Å². The van der Waals surface area contributed by atoms with Crippen molar-refractivity contribution < 1.29 is 22.9 Å². The van der Waals surface area contributed by atoms with E-state index in [4.69, 9.17) is 4.74 Å². The largest absolute Gasteiger partial charge is 0.491 e. The maximum atomic E-state index is 13.0. The number of nitro groups is 1. The molecule has 1 amide bonds. The second kappa shape index (κ2) is 9.57. The van der Waals surface area contributed by atoms with Gasteiger partial charge in [0.2, 0.25) is 15.9 Å². The molecule has 0 unspecified atom stereocenters. The van der Waals surface area contributed by atoms with Crippen LogP contribution in [0.15, 0.2) is 48.5 Å². The number of benzene rings is 2. The van der Waals surface area contributed by atoms with Gasteiger partial charge in [-0.2, -0.15) is 0 Å². The molecule has 30 heavy (non-hydrogen) atoms. The third-order valence-electron chi connectivity index (χ3n) is 4.10. The van der Waals surface area contributed by atoms with Crippen LogP contribution in [-0.4, -0.2) is 37.6 Å². The molecule has 2 rings (SSSR count). The van der Waals surface area contributed by atoms with Crippen LogP contribution in [0.1, 0.15) is 27.2 Å². The molecule has 0 radical (unpaired) electrons. The molecule has 0 heterocycles. The minimum Gasteiger partial charge on any atom is -0.491 e. The predicted molar refractivity (Wildman–Crippen MR) is 115 cm³/mol. The van der Waals surface area contributed by atoms with Gasteiger partial charge in [0.1, 0.15) is 11.8 Å². The molecule has 162 valence electrons. The van der Waals surface area contributed by atoms with Gasteiger partial charge < -0.3 is 10.1 Å². The SMILES string of the molecule is CC[C@@H](C(=O)Nc1cccc(OC(C)C)c1)N(c1cccc([N+](=O)[O-])c1)S(C)(=O)=O. The molecule has 0 aliphatic heterocycles. The standard InChI is InChI=1S/C20H25N3O6S/c1-5-19(20(24)21-15-8-6-11-18(12-15)29-14(2)3)22(30(4,27)28)16-9-7-10-17(13-16)23(25)26/h6-14,19H,5H2,1-4H3,(H,21,24)/t19-/m0/s1. The summed E-state index contributed by atoms with van der Waals surface area (Å²) in [6.07, 6.45) is 1.07. The molecule has 1 atom stereocenters. The Hall–Kier alpha value is -3.14. The average Bonchev–Trinajstić information content (AvgIpc) is 2.64. The predicted octanol–water partition coefficient (Wildman–Crippen LogP) is 3.57. The topological polar surface area (TPSA) is 119 Å². The Balaban J connectivity index is 2.37. The van der Waals surface area contributed by atoms with E-state index < -0.39 is 26.9 Å². The lowest BCUT2D eigenvalue weighted by Crippen LogP contribution is -2.47. The van der Waals surface area contributed by atoms with Crippen LogP contribution in [-0.2, 0) is 14.8 Å². The molecule has 0 aromatic heterocycles. The summed E-state index contributed by atoms with van der Waals surface area (Å²) >= 11 is 0. The summed E-state index contributed by atoms with van der Waals surface area (Å²) in [7, 11) is -3.91. The Labute approximate surface area is 175 Å². The van der Waals surface area contributed by atoms with E-state index in [9.17, 15) is 23.3 Å². The van der Waals surface area contributed by atoms with Gasteiger partial charge in [-0.1, -0.05) is 19.1 Å². The Bertz CT molecular complexity index is 1020. The number of anilines is 2. The monoisotopic (exact) mass is 435 g/mol. The number of sulfonamides is 1. The number of carbonyl (C=O) groups is 1. The molecular weight excluding hydrogens is 410 g/mol. The van der Waals surface area contributed by atoms with E-state index in [-0.39, 0.29) is 23.9 Å². The Kier molecular flexibility index (Phi) is 7.38. The lowest BCUT2D eigenvalue weighted by atomic mass is 10.1. The van der Waals surface area contributed by atoms with E-state index in [1.54, 1.807) is 31.2 Å². The fraction of sp³-hybridized carbons (Fsp3) is 0.350. The van der Waals surface area contributed by atoms with E-state index in [0.717, 1.165) is 16.6 Å². The maximum Gasteiger partial charge on any atom is 0.271 e. The highest BCUT2D eigenvalue weighted by molar-refractivity contribution is 7.92. The number of nitrogens with one attached hydrogen (secondary N) is 1. The van der Waals surface area contributed by atoms with Gasteiger partial charge in [-0.3, -0.25) is 19.2 Å². The first-order chi connectivity index (χ1) is 14.0. The third kappa shape index (κ3) is 5.93.